The van der Waals surface area contributed by atoms with Crippen molar-refractivity contribution in [2.45, 2.75) is 26.3 Å². The van der Waals surface area contributed by atoms with Crippen LogP contribution in [0.1, 0.15) is 20.3 Å². The first kappa shape index (κ1) is 16.0. The Kier molecular flexibility index (Phi) is 5.82. The number of carbonyl (C=O) groups excluding carboxylic acids is 1. The number of hydrogen-bond acceptors (Lipinski definition) is 3. The number of nitrogens with one attached hydrogen (secondary N) is 1. The SMILES string of the molecule is CC(C)C[C@@H](N)C(=O)Nc1cc(Br)ccc1N(C)C. The molecule has 1 atom stereocenters. The van der Waals surface area contributed by atoms with Crippen molar-refractivity contribution in [2.24, 2.45) is 11.7 Å². The molecule has 0 unspecified atom stereocenters. The van der Waals surface area contributed by atoms with E-state index in [0.29, 0.717) is 12.3 Å². The third kappa shape index (κ3) is 4.84. The Balaban J connectivity index is 2.86. The van der Waals surface area contributed by atoms with Crippen LogP contribution in [-0.2, 0) is 4.79 Å². The van der Waals surface area contributed by atoms with Gasteiger partial charge in [-0.15, -0.1) is 0 Å². The van der Waals surface area contributed by atoms with Crippen LogP contribution in [0, 0.1) is 5.92 Å². The second kappa shape index (κ2) is 6.91. The number of nitrogens with zero attached hydrogens (tertiary/aromatic N) is 1. The van der Waals surface area contributed by atoms with Crippen LogP contribution in [0.25, 0.3) is 0 Å². The quantitative estimate of drug-likeness (QED) is 0.874. The lowest BCUT2D eigenvalue weighted by atomic mass is 10.0. The molecule has 0 aromatic heterocycles. The highest BCUT2D eigenvalue weighted by Gasteiger charge is 2.17. The first-order chi connectivity index (χ1) is 8.81. The summed E-state index contributed by atoms with van der Waals surface area (Å²) in [5.41, 5.74) is 7.61. The number of nitrogens with two attached hydrogens (primary N) is 1. The van der Waals surface area contributed by atoms with Crippen LogP contribution in [0.5, 0.6) is 0 Å². The van der Waals surface area contributed by atoms with Crippen LogP contribution in [0.2, 0.25) is 0 Å². The second-order valence-electron chi connectivity index (χ2n) is 5.28. The highest BCUT2D eigenvalue weighted by molar-refractivity contribution is 9.10. The van der Waals surface area contributed by atoms with Crippen molar-refractivity contribution in [3.63, 3.8) is 0 Å². The minimum atomic E-state index is -0.478. The van der Waals surface area contributed by atoms with Crippen molar-refractivity contribution in [1.82, 2.24) is 0 Å². The zero-order valence-electron chi connectivity index (χ0n) is 11.9. The molecule has 0 heterocycles. The lowest BCUT2D eigenvalue weighted by molar-refractivity contribution is -0.117. The Labute approximate surface area is 123 Å². The molecule has 1 rings (SSSR count). The Morgan fingerprint density at radius 1 is 1.42 bits per heavy atom. The van der Waals surface area contributed by atoms with Crippen LogP contribution < -0.4 is 16.0 Å². The van der Waals surface area contributed by atoms with Gasteiger partial charge in [-0.25, -0.2) is 0 Å². The molecule has 0 fully saturated rings. The number of hydrogen-bond donors (Lipinski definition) is 2. The van der Waals surface area contributed by atoms with Crippen LogP contribution >= 0.6 is 15.9 Å². The fraction of sp³-hybridized carbons (Fsp3) is 0.500. The van der Waals surface area contributed by atoms with E-state index in [0.717, 1.165) is 15.8 Å². The molecule has 0 aliphatic rings. The normalized spacial score (nSPS) is 12.4. The maximum absolute atomic E-state index is 12.1. The van der Waals surface area contributed by atoms with Crippen molar-refractivity contribution in [3.8, 4) is 0 Å². The van der Waals surface area contributed by atoms with Crippen molar-refractivity contribution >= 4 is 33.2 Å². The molecule has 0 saturated carbocycles. The van der Waals surface area contributed by atoms with Gasteiger partial charge < -0.3 is 16.0 Å². The Morgan fingerprint density at radius 2 is 2.05 bits per heavy atom. The average molecular weight is 328 g/mol. The summed E-state index contributed by atoms with van der Waals surface area (Å²) in [5.74, 6) is 0.256. The number of amides is 1. The van der Waals surface area contributed by atoms with Crippen LogP contribution in [0.4, 0.5) is 11.4 Å². The smallest absolute Gasteiger partial charge is 0.241 e. The van der Waals surface area contributed by atoms with Crippen LogP contribution in [-0.4, -0.2) is 26.0 Å². The molecule has 0 spiro atoms. The molecule has 0 aliphatic heterocycles. The van der Waals surface area contributed by atoms with Gasteiger partial charge in [0.05, 0.1) is 17.4 Å². The summed E-state index contributed by atoms with van der Waals surface area (Å²) < 4.78 is 0.922. The molecule has 0 bridgehead atoms. The van der Waals surface area contributed by atoms with Gasteiger partial charge in [0.1, 0.15) is 0 Å². The Morgan fingerprint density at radius 3 is 2.58 bits per heavy atom. The van der Waals surface area contributed by atoms with Crippen molar-refractivity contribution in [3.05, 3.63) is 22.7 Å². The van der Waals surface area contributed by atoms with E-state index in [9.17, 15) is 4.79 Å². The number of benzene rings is 1. The molecule has 1 aromatic carbocycles. The third-order valence-corrected chi connectivity index (χ3v) is 3.25. The van der Waals surface area contributed by atoms with E-state index in [2.05, 4.69) is 35.1 Å². The highest BCUT2D eigenvalue weighted by atomic mass is 79.9. The average Bonchev–Trinajstić information content (AvgIpc) is 2.27. The Hall–Kier alpha value is -1.07. The van der Waals surface area contributed by atoms with Gasteiger partial charge in [0.2, 0.25) is 5.91 Å². The molecular formula is C14H22BrN3O. The number of anilines is 2. The summed E-state index contributed by atoms with van der Waals surface area (Å²) in [5, 5.41) is 2.90. The maximum atomic E-state index is 12.1. The number of rotatable bonds is 5. The van der Waals surface area contributed by atoms with E-state index in [-0.39, 0.29) is 5.91 Å². The highest BCUT2D eigenvalue weighted by Crippen LogP contribution is 2.28. The molecule has 0 aliphatic carbocycles. The minimum Gasteiger partial charge on any atom is -0.376 e. The van der Waals surface area contributed by atoms with E-state index in [1.54, 1.807) is 0 Å². The molecule has 5 heteroatoms. The predicted molar refractivity (Wildman–Crippen MR) is 84.5 cm³/mol. The lowest BCUT2D eigenvalue weighted by Crippen LogP contribution is -2.37. The van der Waals surface area contributed by atoms with Gasteiger partial charge in [-0.3, -0.25) is 4.79 Å². The van der Waals surface area contributed by atoms with Crippen LogP contribution in [0.3, 0.4) is 0 Å². The minimum absolute atomic E-state index is 0.144. The molecule has 0 radical (unpaired) electrons. The van der Waals surface area contributed by atoms with Gasteiger partial charge in [0, 0.05) is 18.6 Å². The molecule has 4 nitrogen and oxygen atoms in total. The number of halogens is 1. The zero-order valence-corrected chi connectivity index (χ0v) is 13.5. The van der Waals surface area contributed by atoms with E-state index < -0.39 is 6.04 Å². The summed E-state index contributed by atoms with van der Waals surface area (Å²) in [6, 6.07) is 5.30. The summed E-state index contributed by atoms with van der Waals surface area (Å²) in [7, 11) is 3.87. The monoisotopic (exact) mass is 327 g/mol. The van der Waals surface area contributed by atoms with Gasteiger partial charge >= 0.3 is 0 Å². The maximum Gasteiger partial charge on any atom is 0.241 e. The third-order valence-electron chi connectivity index (χ3n) is 2.76. The molecule has 106 valence electrons. The largest absolute Gasteiger partial charge is 0.376 e. The number of carbonyl (C=O) groups is 1. The van der Waals surface area contributed by atoms with Crippen LogP contribution in [0.15, 0.2) is 22.7 Å². The summed E-state index contributed by atoms with van der Waals surface area (Å²) in [4.78, 5) is 14.0. The summed E-state index contributed by atoms with van der Waals surface area (Å²) in [6.07, 6.45) is 0.678. The predicted octanol–water partition coefficient (Wildman–Crippen LogP) is 2.83. The Bertz CT molecular complexity index is 446. The molecule has 1 aromatic rings. The van der Waals surface area contributed by atoms with Gasteiger partial charge in [0.15, 0.2) is 0 Å². The lowest BCUT2D eigenvalue weighted by Gasteiger charge is -2.20. The molecule has 0 saturated heterocycles. The first-order valence-electron chi connectivity index (χ1n) is 6.34. The van der Waals surface area contributed by atoms with Gasteiger partial charge in [-0.05, 0) is 30.5 Å². The van der Waals surface area contributed by atoms with E-state index in [1.165, 1.54) is 0 Å². The molecule has 1 amide bonds. The fourth-order valence-corrected chi connectivity index (χ4v) is 2.20. The fourth-order valence-electron chi connectivity index (χ4n) is 1.84. The standard InChI is InChI=1S/C14H22BrN3O/c1-9(2)7-11(16)14(19)17-12-8-10(15)5-6-13(12)18(3)4/h5-6,8-9,11H,7,16H2,1-4H3,(H,17,19)/t11-/m1/s1. The summed E-state index contributed by atoms with van der Waals surface area (Å²) in [6.45, 7) is 4.11. The van der Waals surface area contributed by atoms with Gasteiger partial charge in [-0.1, -0.05) is 29.8 Å². The topological polar surface area (TPSA) is 58.4 Å². The second-order valence-corrected chi connectivity index (χ2v) is 6.20. The van der Waals surface area contributed by atoms with Crippen molar-refractivity contribution in [1.29, 1.82) is 0 Å². The van der Waals surface area contributed by atoms with Gasteiger partial charge in [-0.2, -0.15) is 0 Å². The summed E-state index contributed by atoms with van der Waals surface area (Å²) >= 11 is 3.41. The van der Waals surface area contributed by atoms with E-state index in [4.69, 9.17) is 5.73 Å². The van der Waals surface area contributed by atoms with E-state index >= 15 is 0 Å². The molecular weight excluding hydrogens is 306 g/mol. The van der Waals surface area contributed by atoms with E-state index in [1.807, 2.05) is 37.2 Å². The van der Waals surface area contributed by atoms with Crippen molar-refractivity contribution in [2.75, 3.05) is 24.3 Å². The first-order valence-corrected chi connectivity index (χ1v) is 7.14. The molecule has 3 N–H and O–H groups in total. The molecule has 19 heavy (non-hydrogen) atoms. The van der Waals surface area contributed by atoms with Crippen molar-refractivity contribution < 1.29 is 4.79 Å². The zero-order chi connectivity index (χ0) is 14.6. The van der Waals surface area contributed by atoms with Gasteiger partial charge in [0.25, 0.3) is 0 Å².